The summed E-state index contributed by atoms with van der Waals surface area (Å²) in [5.41, 5.74) is 0.722. The standard InChI is InChI=1S/C16H14O4S/c1-2-16(17)20-14-8-10-15(11-9-14)21(18,19)12-13-6-4-3-5-7-13/h2-11H,1,12H2. The van der Waals surface area contributed by atoms with Gasteiger partial charge >= 0.3 is 5.97 Å². The molecule has 0 saturated heterocycles. The topological polar surface area (TPSA) is 60.4 Å². The van der Waals surface area contributed by atoms with Gasteiger partial charge in [0.2, 0.25) is 0 Å². The van der Waals surface area contributed by atoms with E-state index in [0.29, 0.717) is 0 Å². The van der Waals surface area contributed by atoms with Gasteiger partial charge < -0.3 is 4.74 Å². The molecule has 0 aliphatic rings. The molecule has 0 heterocycles. The predicted octanol–water partition coefficient (Wildman–Crippen LogP) is 2.75. The second-order valence-corrected chi connectivity index (χ2v) is 6.33. The summed E-state index contributed by atoms with van der Waals surface area (Å²) in [5.74, 6) is -0.381. The SMILES string of the molecule is C=CC(=O)Oc1ccc(S(=O)(=O)Cc2ccccc2)cc1. The maximum atomic E-state index is 12.3. The largest absolute Gasteiger partial charge is 0.423 e. The average Bonchev–Trinajstić information content (AvgIpc) is 2.48. The molecule has 2 rings (SSSR count). The smallest absolute Gasteiger partial charge is 0.335 e. The van der Waals surface area contributed by atoms with Crippen LogP contribution in [0.1, 0.15) is 5.56 Å². The number of carbonyl (C=O) groups excluding carboxylic acids is 1. The minimum Gasteiger partial charge on any atom is -0.423 e. The number of esters is 1. The fourth-order valence-corrected chi connectivity index (χ4v) is 3.10. The Morgan fingerprint density at radius 3 is 2.24 bits per heavy atom. The molecule has 2 aromatic rings. The second kappa shape index (κ2) is 6.37. The van der Waals surface area contributed by atoms with Gasteiger partial charge in [0, 0.05) is 6.08 Å². The maximum Gasteiger partial charge on any atom is 0.335 e. The van der Waals surface area contributed by atoms with E-state index in [2.05, 4.69) is 6.58 Å². The summed E-state index contributed by atoms with van der Waals surface area (Å²) in [4.78, 5) is 11.2. The van der Waals surface area contributed by atoms with E-state index in [4.69, 9.17) is 4.74 Å². The summed E-state index contributed by atoms with van der Waals surface area (Å²) in [6.45, 7) is 3.29. The molecule has 21 heavy (non-hydrogen) atoms. The molecule has 0 unspecified atom stereocenters. The Bertz CT molecular complexity index is 732. The average molecular weight is 302 g/mol. The third kappa shape index (κ3) is 4.03. The van der Waals surface area contributed by atoms with Gasteiger partial charge in [0.05, 0.1) is 10.6 Å². The molecule has 0 amide bonds. The van der Waals surface area contributed by atoms with Gasteiger partial charge in [-0.1, -0.05) is 36.9 Å². The van der Waals surface area contributed by atoms with Crippen molar-refractivity contribution >= 4 is 15.8 Å². The summed E-state index contributed by atoms with van der Waals surface area (Å²) < 4.78 is 29.4. The van der Waals surface area contributed by atoms with Crippen molar-refractivity contribution in [3.8, 4) is 5.75 Å². The first-order valence-corrected chi connectivity index (χ1v) is 7.87. The summed E-state index contributed by atoms with van der Waals surface area (Å²) in [6.07, 6.45) is 1.04. The van der Waals surface area contributed by atoms with Crippen molar-refractivity contribution in [2.24, 2.45) is 0 Å². The van der Waals surface area contributed by atoms with Crippen molar-refractivity contribution in [2.75, 3.05) is 0 Å². The molecule has 0 atom stereocenters. The number of benzene rings is 2. The van der Waals surface area contributed by atoms with Crippen molar-refractivity contribution in [3.05, 3.63) is 72.8 Å². The van der Waals surface area contributed by atoms with Gasteiger partial charge in [0.1, 0.15) is 5.75 Å². The van der Waals surface area contributed by atoms with Gasteiger partial charge in [0.25, 0.3) is 0 Å². The Kier molecular flexibility index (Phi) is 4.55. The molecule has 0 fully saturated rings. The van der Waals surface area contributed by atoms with E-state index in [9.17, 15) is 13.2 Å². The van der Waals surface area contributed by atoms with Crippen LogP contribution in [0.25, 0.3) is 0 Å². The van der Waals surface area contributed by atoms with E-state index in [1.54, 1.807) is 24.3 Å². The molecule has 0 spiro atoms. The van der Waals surface area contributed by atoms with E-state index in [-0.39, 0.29) is 16.4 Å². The number of hydrogen-bond donors (Lipinski definition) is 0. The van der Waals surface area contributed by atoms with Crippen LogP contribution in [0, 0.1) is 0 Å². The first kappa shape index (κ1) is 15.0. The zero-order valence-electron chi connectivity index (χ0n) is 11.2. The number of carbonyl (C=O) groups is 1. The van der Waals surface area contributed by atoms with Gasteiger partial charge in [-0.05, 0) is 29.8 Å². The predicted molar refractivity (Wildman–Crippen MR) is 79.6 cm³/mol. The van der Waals surface area contributed by atoms with E-state index >= 15 is 0 Å². The molecule has 2 aromatic carbocycles. The Balaban J connectivity index is 2.17. The minimum absolute atomic E-state index is 0.0698. The summed E-state index contributed by atoms with van der Waals surface area (Å²) >= 11 is 0. The lowest BCUT2D eigenvalue weighted by molar-refractivity contribution is -0.128. The van der Waals surface area contributed by atoms with Crippen LogP contribution >= 0.6 is 0 Å². The van der Waals surface area contributed by atoms with Gasteiger partial charge in [-0.15, -0.1) is 0 Å². The Morgan fingerprint density at radius 2 is 1.67 bits per heavy atom. The molecule has 0 aromatic heterocycles. The number of ether oxygens (including phenoxy) is 1. The fraction of sp³-hybridized carbons (Fsp3) is 0.0625. The van der Waals surface area contributed by atoms with Crippen molar-refractivity contribution < 1.29 is 17.9 Å². The summed E-state index contributed by atoms with van der Waals surface area (Å²) in [6, 6.07) is 14.7. The number of sulfone groups is 1. The number of rotatable bonds is 5. The van der Waals surface area contributed by atoms with Crippen molar-refractivity contribution in [2.45, 2.75) is 10.6 Å². The van der Waals surface area contributed by atoms with Crippen LogP contribution in [-0.2, 0) is 20.4 Å². The fourth-order valence-electron chi connectivity index (χ4n) is 1.75. The Morgan fingerprint density at radius 1 is 1.05 bits per heavy atom. The first-order valence-electron chi connectivity index (χ1n) is 6.22. The minimum atomic E-state index is -3.42. The van der Waals surface area contributed by atoms with E-state index in [1.165, 1.54) is 24.3 Å². The highest BCUT2D eigenvalue weighted by Crippen LogP contribution is 2.20. The van der Waals surface area contributed by atoms with Gasteiger partial charge in [-0.3, -0.25) is 0 Å². The van der Waals surface area contributed by atoms with Crippen molar-refractivity contribution in [1.29, 1.82) is 0 Å². The molecule has 0 aliphatic carbocycles. The molecule has 4 nitrogen and oxygen atoms in total. The molecular weight excluding hydrogens is 288 g/mol. The van der Waals surface area contributed by atoms with E-state index in [0.717, 1.165) is 11.6 Å². The summed E-state index contributed by atoms with van der Waals surface area (Å²) in [7, 11) is -3.42. The van der Waals surface area contributed by atoms with Gasteiger partial charge in [0.15, 0.2) is 9.84 Å². The highest BCUT2D eigenvalue weighted by Gasteiger charge is 2.15. The van der Waals surface area contributed by atoms with E-state index in [1.807, 2.05) is 6.07 Å². The maximum absolute atomic E-state index is 12.3. The highest BCUT2D eigenvalue weighted by molar-refractivity contribution is 7.90. The monoisotopic (exact) mass is 302 g/mol. The molecule has 0 N–H and O–H groups in total. The molecule has 5 heteroatoms. The zero-order chi connectivity index (χ0) is 15.3. The lowest BCUT2D eigenvalue weighted by Crippen LogP contribution is -2.06. The van der Waals surface area contributed by atoms with Crippen LogP contribution in [0.5, 0.6) is 5.75 Å². The third-order valence-corrected chi connectivity index (χ3v) is 4.47. The molecule has 0 bridgehead atoms. The molecular formula is C16H14O4S. The van der Waals surface area contributed by atoms with Crippen LogP contribution in [0.15, 0.2) is 72.1 Å². The third-order valence-electron chi connectivity index (χ3n) is 2.77. The Hall–Kier alpha value is -2.40. The normalized spacial score (nSPS) is 10.9. The lowest BCUT2D eigenvalue weighted by Gasteiger charge is -2.06. The molecule has 0 aliphatic heterocycles. The van der Waals surface area contributed by atoms with Crippen LogP contribution in [0.3, 0.4) is 0 Å². The second-order valence-electron chi connectivity index (χ2n) is 4.34. The zero-order valence-corrected chi connectivity index (χ0v) is 12.0. The molecule has 108 valence electrons. The van der Waals surface area contributed by atoms with Crippen molar-refractivity contribution in [1.82, 2.24) is 0 Å². The van der Waals surface area contributed by atoms with Crippen LogP contribution in [0.4, 0.5) is 0 Å². The Labute approximate surface area is 123 Å². The van der Waals surface area contributed by atoms with Crippen LogP contribution in [-0.4, -0.2) is 14.4 Å². The van der Waals surface area contributed by atoms with Crippen LogP contribution in [0.2, 0.25) is 0 Å². The van der Waals surface area contributed by atoms with E-state index < -0.39 is 15.8 Å². The highest BCUT2D eigenvalue weighted by atomic mass is 32.2. The lowest BCUT2D eigenvalue weighted by atomic mass is 10.2. The van der Waals surface area contributed by atoms with Gasteiger partial charge in [-0.25, -0.2) is 13.2 Å². The molecule has 0 saturated carbocycles. The van der Waals surface area contributed by atoms with Crippen molar-refractivity contribution in [3.63, 3.8) is 0 Å². The number of hydrogen-bond acceptors (Lipinski definition) is 4. The summed E-state index contributed by atoms with van der Waals surface area (Å²) in [5, 5.41) is 0. The first-order chi connectivity index (χ1) is 10.0. The molecule has 0 radical (unpaired) electrons. The van der Waals surface area contributed by atoms with Crippen LogP contribution < -0.4 is 4.74 Å². The quantitative estimate of drug-likeness (QED) is 0.484. The van der Waals surface area contributed by atoms with Gasteiger partial charge in [-0.2, -0.15) is 0 Å².